The van der Waals surface area contributed by atoms with Crippen LogP contribution < -0.4 is 5.01 Å². The predicted octanol–water partition coefficient (Wildman–Crippen LogP) is 4.67. The molecule has 1 fully saturated rings. The lowest BCUT2D eigenvalue weighted by atomic mass is 9.97. The molecule has 9 heteroatoms. The highest BCUT2D eigenvalue weighted by Crippen LogP contribution is 2.44. The van der Waals surface area contributed by atoms with Gasteiger partial charge >= 0.3 is 5.97 Å². The first-order valence-electron chi connectivity index (χ1n) is 8.79. The van der Waals surface area contributed by atoms with Crippen molar-refractivity contribution in [3.05, 3.63) is 34.7 Å². The SMILES string of the molecule is CC=NN(C(=S)N1CCC(C(=O)O)CC1)c1csc(-c2cccc(Cl)c2)c1O. The molecule has 2 N–H and O–H groups in total. The van der Waals surface area contributed by atoms with Gasteiger partial charge in [-0.3, -0.25) is 4.79 Å². The maximum Gasteiger partial charge on any atom is 0.306 e. The standard InChI is InChI=1S/C19H20ClN3O3S2/c1-2-21-23(19(27)22-8-6-12(7-9-22)18(25)26)15-11-28-17(16(15)24)13-4-3-5-14(20)10-13/h2-5,10-12,24H,6-9H2,1H3,(H,25,26). The Morgan fingerprint density at radius 2 is 2.14 bits per heavy atom. The van der Waals surface area contributed by atoms with Crippen LogP contribution in [0, 0.1) is 5.92 Å². The summed E-state index contributed by atoms with van der Waals surface area (Å²) in [4.78, 5) is 13.8. The van der Waals surface area contributed by atoms with Crippen molar-refractivity contribution in [3.63, 3.8) is 0 Å². The number of hydrazone groups is 1. The molecule has 0 saturated carbocycles. The molecular formula is C19H20ClN3O3S2. The first-order valence-corrected chi connectivity index (χ1v) is 10.5. The van der Waals surface area contributed by atoms with Gasteiger partial charge in [0.25, 0.3) is 0 Å². The van der Waals surface area contributed by atoms with Gasteiger partial charge in [-0.05, 0) is 49.7 Å². The molecule has 1 saturated heterocycles. The maximum atomic E-state index is 11.2. The highest BCUT2D eigenvalue weighted by atomic mass is 35.5. The number of piperidine rings is 1. The number of carbonyl (C=O) groups is 1. The first kappa shape index (κ1) is 20.6. The average Bonchev–Trinajstić information content (AvgIpc) is 3.07. The van der Waals surface area contributed by atoms with Crippen LogP contribution >= 0.6 is 35.2 Å². The van der Waals surface area contributed by atoms with Crippen molar-refractivity contribution in [1.29, 1.82) is 0 Å². The van der Waals surface area contributed by atoms with E-state index in [1.54, 1.807) is 30.7 Å². The number of carboxylic acids is 1. The van der Waals surface area contributed by atoms with Crippen molar-refractivity contribution >= 4 is 58.1 Å². The van der Waals surface area contributed by atoms with Crippen LogP contribution in [0.25, 0.3) is 10.4 Å². The summed E-state index contributed by atoms with van der Waals surface area (Å²) >= 11 is 13.1. The molecule has 0 atom stereocenters. The van der Waals surface area contributed by atoms with Gasteiger partial charge in [0, 0.05) is 29.7 Å². The van der Waals surface area contributed by atoms with E-state index in [1.807, 2.05) is 17.0 Å². The van der Waals surface area contributed by atoms with E-state index in [0.717, 1.165) is 5.56 Å². The summed E-state index contributed by atoms with van der Waals surface area (Å²) in [6.07, 6.45) is 2.66. The molecule has 2 aromatic rings. The number of thiocarbonyl (C=S) groups is 1. The summed E-state index contributed by atoms with van der Waals surface area (Å²) < 4.78 is 0. The van der Waals surface area contributed by atoms with Crippen molar-refractivity contribution in [1.82, 2.24) is 4.90 Å². The zero-order valence-corrected chi connectivity index (χ0v) is 17.6. The summed E-state index contributed by atoms with van der Waals surface area (Å²) in [7, 11) is 0. The second-order valence-corrected chi connectivity index (χ2v) is 8.06. The first-order chi connectivity index (χ1) is 13.4. The summed E-state index contributed by atoms with van der Waals surface area (Å²) in [6, 6.07) is 7.28. The zero-order chi connectivity index (χ0) is 20.3. The Balaban J connectivity index is 1.85. The topological polar surface area (TPSA) is 76.4 Å². The molecule has 0 radical (unpaired) electrons. The van der Waals surface area contributed by atoms with E-state index in [4.69, 9.17) is 23.8 Å². The minimum Gasteiger partial charge on any atom is -0.504 e. The third-order valence-electron chi connectivity index (χ3n) is 4.59. The maximum absolute atomic E-state index is 11.2. The number of halogens is 1. The van der Waals surface area contributed by atoms with Gasteiger partial charge in [-0.2, -0.15) is 5.10 Å². The monoisotopic (exact) mass is 437 g/mol. The van der Waals surface area contributed by atoms with Gasteiger partial charge in [-0.1, -0.05) is 23.7 Å². The Morgan fingerprint density at radius 1 is 1.43 bits per heavy atom. The molecule has 148 valence electrons. The van der Waals surface area contributed by atoms with Crippen molar-refractivity contribution in [2.24, 2.45) is 11.0 Å². The van der Waals surface area contributed by atoms with Gasteiger partial charge in [-0.15, -0.1) is 11.3 Å². The summed E-state index contributed by atoms with van der Waals surface area (Å²) in [5.74, 6) is -1.03. The number of rotatable bonds is 4. The van der Waals surface area contributed by atoms with Crippen LogP contribution in [0.5, 0.6) is 5.75 Å². The molecule has 0 aliphatic carbocycles. The number of anilines is 1. The van der Waals surface area contributed by atoms with Gasteiger partial charge in [-0.25, -0.2) is 5.01 Å². The van der Waals surface area contributed by atoms with E-state index in [-0.39, 0.29) is 11.7 Å². The van der Waals surface area contributed by atoms with E-state index < -0.39 is 5.97 Å². The fourth-order valence-electron chi connectivity index (χ4n) is 3.11. The van der Waals surface area contributed by atoms with Crippen LogP contribution in [0.3, 0.4) is 0 Å². The molecule has 0 spiro atoms. The van der Waals surface area contributed by atoms with Crippen LogP contribution in [0.15, 0.2) is 34.7 Å². The zero-order valence-electron chi connectivity index (χ0n) is 15.2. The molecule has 6 nitrogen and oxygen atoms in total. The Labute approximate surface area is 177 Å². The molecular weight excluding hydrogens is 418 g/mol. The van der Waals surface area contributed by atoms with E-state index in [2.05, 4.69) is 5.10 Å². The average molecular weight is 438 g/mol. The largest absolute Gasteiger partial charge is 0.504 e. The van der Waals surface area contributed by atoms with Crippen molar-refractivity contribution in [2.45, 2.75) is 19.8 Å². The number of nitrogens with zero attached hydrogens (tertiary/aromatic N) is 3. The highest BCUT2D eigenvalue weighted by molar-refractivity contribution is 7.80. The number of hydrogen-bond acceptors (Lipinski definition) is 5. The van der Waals surface area contributed by atoms with E-state index >= 15 is 0 Å². The van der Waals surface area contributed by atoms with E-state index in [0.29, 0.717) is 46.6 Å². The van der Waals surface area contributed by atoms with Crippen LogP contribution in [0.4, 0.5) is 5.69 Å². The Kier molecular flexibility index (Phi) is 6.53. The van der Waals surface area contributed by atoms with Crippen LogP contribution in [0.1, 0.15) is 19.8 Å². The van der Waals surface area contributed by atoms with Crippen LogP contribution in [-0.2, 0) is 4.79 Å². The quantitative estimate of drug-likeness (QED) is 0.411. The third-order valence-corrected chi connectivity index (χ3v) is 6.26. The van der Waals surface area contributed by atoms with Crippen molar-refractivity contribution in [2.75, 3.05) is 18.1 Å². The van der Waals surface area contributed by atoms with Crippen molar-refractivity contribution in [3.8, 4) is 16.2 Å². The molecule has 0 amide bonds. The summed E-state index contributed by atoms with van der Waals surface area (Å²) in [6.45, 7) is 2.85. The minimum atomic E-state index is -0.768. The Bertz CT molecular complexity index is 908. The van der Waals surface area contributed by atoms with Crippen LogP contribution in [0.2, 0.25) is 5.02 Å². The van der Waals surface area contributed by atoms with Gasteiger partial charge < -0.3 is 15.1 Å². The second-order valence-electron chi connectivity index (χ2n) is 6.38. The van der Waals surface area contributed by atoms with E-state index in [1.165, 1.54) is 16.3 Å². The number of aliphatic carboxylic acids is 1. The molecule has 2 heterocycles. The number of hydrogen-bond donors (Lipinski definition) is 2. The second kappa shape index (κ2) is 8.89. The normalized spacial score (nSPS) is 15.1. The number of carboxylic acid groups (broad SMARTS) is 1. The molecule has 3 rings (SSSR count). The lowest BCUT2D eigenvalue weighted by Crippen LogP contribution is -2.45. The van der Waals surface area contributed by atoms with Crippen molar-refractivity contribution < 1.29 is 15.0 Å². The lowest BCUT2D eigenvalue weighted by molar-refractivity contribution is -0.143. The van der Waals surface area contributed by atoms with Crippen LogP contribution in [-0.4, -0.2) is 45.5 Å². The molecule has 1 aliphatic rings. The fourth-order valence-corrected chi connectivity index (χ4v) is 4.55. The highest BCUT2D eigenvalue weighted by Gasteiger charge is 2.29. The minimum absolute atomic E-state index is 0.0839. The third kappa shape index (κ3) is 4.29. The molecule has 1 aromatic carbocycles. The van der Waals surface area contributed by atoms with Gasteiger partial charge in [0.05, 0.1) is 10.8 Å². The summed E-state index contributed by atoms with van der Waals surface area (Å²) in [5, 5.41) is 28.7. The molecule has 1 aliphatic heterocycles. The molecule has 28 heavy (non-hydrogen) atoms. The van der Waals surface area contributed by atoms with E-state index in [9.17, 15) is 15.0 Å². The number of benzene rings is 1. The van der Waals surface area contributed by atoms with Gasteiger partial charge in [0.1, 0.15) is 5.69 Å². The smallest absolute Gasteiger partial charge is 0.306 e. The predicted molar refractivity (Wildman–Crippen MR) is 118 cm³/mol. The van der Waals surface area contributed by atoms with Gasteiger partial charge in [0.2, 0.25) is 0 Å². The molecule has 0 bridgehead atoms. The van der Waals surface area contributed by atoms with Gasteiger partial charge in [0.15, 0.2) is 10.9 Å². The Hall–Kier alpha value is -2.16. The lowest BCUT2D eigenvalue weighted by Gasteiger charge is -2.35. The number of aromatic hydroxyl groups is 1. The molecule has 0 unspecified atom stereocenters. The number of likely N-dealkylation sites (tertiary alicyclic amines) is 1. The number of thiophene rings is 1. The Morgan fingerprint density at radius 3 is 2.75 bits per heavy atom. The summed E-state index contributed by atoms with van der Waals surface area (Å²) in [5.41, 5.74) is 1.30. The molecule has 1 aromatic heterocycles. The fraction of sp³-hybridized carbons (Fsp3) is 0.316.